The SMILES string of the molecule is CCOc1cc(CNCc2ccc(C)o2)ccc1OC. The monoisotopic (exact) mass is 275 g/mol. The predicted molar refractivity (Wildman–Crippen MR) is 78.2 cm³/mol. The zero-order valence-electron chi connectivity index (χ0n) is 12.2. The fraction of sp³-hybridized carbons (Fsp3) is 0.375. The van der Waals surface area contributed by atoms with Crippen LogP contribution in [-0.4, -0.2) is 13.7 Å². The Morgan fingerprint density at radius 3 is 2.60 bits per heavy atom. The first-order chi connectivity index (χ1) is 9.72. The van der Waals surface area contributed by atoms with Crippen LogP contribution in [-0.2, 0) is 13.1 Å². The molecular formula is C16H21NO3. The molecule has 4 heteroatoms. The maximum Gasteiger partial charge on any atom is 0.161 e. The molecule has 0 bridgehead atoms. The Labute approximate surface area is 119 Å². The van der Waals surface area contributed by atoms with Gasteiger partial charge < -0.3 is 19.2 Å². The van der Waals surface area contributed by atoms with Gasteiger partial charge in [0.25, 0.3) is 0 Å². The second-order valence-electron chi connectivity index (χ2n) is 4.53. The maximum atomic E-state index is 5.57. The smallest absolute Gasteiger partial charge is 0.161 e. The van der Waals surface area contributed by atoms with Crippen molar-refractivity contribution in [3.05, 3.63) is 47.4 Å². The number of nitrogens with one attached hydrogen (secondary N) is 1. The molecule has 0 saturated carbocycles. The van der Waals surface area contributed by atoms with Crippen molar-refractivity contribution in [1.82, 2.24) is 5.32 Å². The summed E-state index contributed by atoms with van der Waals surface area (Å²) in [6.07, 6.45) is 0. The van der Waals surface area contributed by atoms with Crippen LogP contribution in [0.3, 0.4) is 0 Å². The zero-order valence-corrected chi connectivity index (χ0v) is 12.2. The summed E-state index contributed by atoms with van der Waals surface area (Å²) >= 11 is 0. The molecule has 1 aromatic carbocycles. The second kappa shape index (κ2) is 7.01. The minimum absolute atomic E-state index is 0.624. The van der Waals surface area contributed by atoms with E-state index in [0.717, 1.165) is 35.1 Å². The summed E-state index contributed by atoms with van der Waals surface area (Å²) in [7, 11) is 1.65. The number of hydrogen-bond acceptors (Lipinski definition) is 4. The minimum atomic E-state index is 0.624. The molecule has 1 N–H and O–H groups in total. The third kappa shape index (κ3) is 3.78. The lowest BCUT2D eigenvalue weighted by molar-refractivity contribution is 0.310. The molecule has 0 unspecified atom stereocenters. The first kappa shape index (κ1) is 14.5. The summed E-state index contributed by atoms with van der Waals surface area (Å²) in [5.74, 6) is 3.42. The summed E-state index contributed by atoms with van der Waals surface area (Å²) in [6.45, 7) is 6.00. The van der Waals surface area contributed by atoms with Crippen LogP contribution in [0.2, 0.25) is 0 Å². The lowest BCUT2D eigenvalue weighted by atomic mass is 10.2. The molecule has 0 aliphatic rings. The van der Waals surface area contributed by atoms with Crippen LogP contribution in [0.25, 0.3) is 0 Å². The van der Waals surface area contributed by atoms with E-state index in [1.165, 1.54) is 0 Å². The van der Waals surface area contributed by atoms with Gasteiger partial charge in [-0.05, 0) is 43.7 Å². The highest BCUT2D eigenvalue weighted by atomic mass is 16.5. The predicted octanol–water partition coefficient (Wildman–Crippen LogP) is 3.29. The molecule has 0 spiro atoms. The van der Waals surface area contributed by atoms with Crippen LogP contribution in [0.1, 0.15) is 24.0 Å². The van der Waals surface area contributed by atoms with Crippen molar-refractivity contribution in [3.8, 4) is 11.5 Å². The molecule has 108 valence electrons. The molecule has 0 saturated heterocycles. The van der Waals surface area contributed by atoms with E-state index in [2.05, 4.69) is 5.32 Å². The average molecular weight is 275 g/mol. The van der Waals surface area contributed by atoms with E-state index in [4.69, 9.17) is 13.9 Å². The average Bonchev–Trinajstić information content (AvgIpc) is 2.85. The van der Waals surface area contributed by atoms with E-state index in [9.17, 15) is 0 Å². The summed E-state index contributed by atoms with van der Waals surface area (Å²) in [5.41, 5.74) is 1.15. The van der Waals surface area contributed by atoms with E-state index in [-0.39, 0.29) is 0 Å². The molecule has 0 aliphatic carbocycles. The van der Waals surface area contributed by atoms with Gasteiger partial charge in [0.15, 0.2) is 11.5 Å². The molecule has 0 amide bonds. The number of ether oxygens (including phenoxy) is 2. The van der Waals surface area contributed by atoms with Gasteiger partial charge in [-0.2, -0.15) is 0 Å². The molecule has 0 atom stereocenters. The summed E-state index contributed by atoms with van der Waals surface area (Å²) in [6, 6.07) is 9.92. The molecule has 0 aliphatic heterocycles. The standard InChI is InChI=1S/C16H21NO3/c1-4-19-16-9-13(6-8-15(16)18-3)10-17-11-14-7-5-12(2)20-14/h5-9,17H,4,10-11H2,1-3H3. The third-order valence-electron chi connectivity index (χ3n) is 2.95. The van der Waals surface area contributed by atoms with Crippen molar-refractivity contribution in [1.29, 1.82) is 0 Å². The van der Waals surface area contributed by atoms with Crippen molar-refractivity contribution in [2.75, 3.05) is 13.7 Å². The largest absolute Gasteiger partial charge is 0.493 e. The number of methoxy groups -OCH3 is 1. The molecule has 0 radical (unpaired) electrons. The van der Waals surface area contributed by atoms with Crippen molar-refractivity contribution < 1.29 is 13.9 Å². The highest BCUT2D eigenvalue weighted by molar-refractivity contribution is 5.42. The van der Waals surface area contributed by atoms with Crippen LogP contribution in [0.4, 0.5) is 0 Å². The summed E-state index contributed by atoms with van der Waals surface area (Å²) in [4.78, 5) is 0. The van der Waals surface area contributed by atoms with Crippen LogP contribution < -0.4 is 14.8 Å². The van der Waals surface area contributed by atoms with Crippen LogP contribution >= 0.6 is 0 Å². The summed E-state index contributed by atoms with van der Waals surface area (Å²) < 4.78 is 16.3. The molecule has 0 fully saturated rings. The molecular weight excluding hydrogens is 254 g/mol. The van der Waals surface area contributed by atoms with Gasteiger partial charge in [-0.3, -0.25) is 0 Å². The maximum absolute atomic E-state index is 5.57. The van der Waals surface area contributed by atoms with E-state index >= 15 is 0 Å². The Kier molecular flexibility index (Phi) is 5.07. The third-order valence-corrected chi connectivity index (χ3v) is 2.95. The fourth-order valence-electron chi connectivity index (χ4n) is 2.01. The van der Waals surface area contributed by atoms with E-state index < -0.39 is 0 Å². The number of benzene rings is 1. The molecule has 20 heavy (non-hydrogen) atoms. The fourth-order valence-corrected chi connectivity index (χ4v) is 2.01. The van der Waals surface area contributed by atoms with Gasteiger partial charge in [0.2, 0.25) is 0 Å². The van der Waals surface area contributed by atoms with Gasteiger partial charge in [0.05, 0.1) is 20.3 Å². The topological polar surface area (TPSA) is 43.6 Å². The zero-order chi connectivity index (χ0) is 14.4. The molecule has 2 rings (SSSR count). The van der Waals surface area contributed by atoms with Crippen molar-refractivity contribution in [2.24, 2.45) is 0 Å². The second-order valence-corrected chi connectivity index (χ2v) is 4.53. The molecule has 1 aromatic heterocycles. The van der Waals surface area contributed by atoms with Crippen LogP contribution in [0, 0.1) is 6.92 Å². The molecule has 2 aromatic rings. The van der Waals surface area contributed by atoms with Gasteiger partial charge in [-0.25, -0.2) is 0 Å². The quantitative estimate of drug-likeness (QED) is 0.842. The number of furan rings is 1. The minimum Gasteiger partial charge on any atom is -0.493 e. The summed E-state index contributed by atoms with van der Waals surface area (Å²) in [5, 5.41) is 3.35. The van der Waals surface area contributed by atoms with Gasteiger partial charge in [0.1, 0.15) is 11.5 Å². The highest BCUT2D eigenvalue weighted by Crippen LogP contribution is 2.27. The molecule has 4 nitrogen and oxygen atoms in total. The Balaban J connectivity index is 1.93. The Morgan fingerprint density at radius 2 is 1.95 bits per heavy atom. The Morgan fingerprint density at radius 1 is 1.10 bits per heavy atom. The van der Waals surface area contributed by atoms with Crippen LogP contribution in [0.5, 0.6) is 11.5 Å². The van der Waals surface area contributed by atoms with E-state index in [1.54, 1.807) is 7.11 Å². The van der Waals surface area contributed by atoms with Crippen molar-refractivity contribution >= 4 is 0 Å². The van der Waals surface area contributed by atoms with Gasteiger partial charge in [0, 0.05) is 6.54 Å². The lowest BCUT2D eigenvalue weighted by Gasteiger charge is -2.11. The normalized spacial score (nSPS) is 10.6. The number of rotatable bonds is 7. The van der Waals surface area contributed by atoms with Gasteiger partial charge >= 0.3 is 0 Å². The van der Waals surface area contributed by atoms with Gasteiger partial charge in [-0.1, -0.05) is 6.07 Å². The first-order valence-electron chi connectivity index (χ1n) is 6.78. The van der Waals surface area contributed by atoms with Gasteiger partial charge in [-0.15, -0.1) is 0 Å². The van der Waals surface area contributed by atoms with Crippen molar-refractivity contribution in [2.45, 2.75) is 26.9 Å². The Hall–Kier alpha value is -1.94. The van der Waals surface area contributed by atoms with Crippen molar-refractivity contribution in [3.63, 3.8) is 0 Å². The number of aryl methyl sites for hydroxylation is 1. The Bertz CT molecular complexity index is 548. The molecule has 1 heterocycles. The highest BCUT2D eigenvalue weighted by Gasteiger charge is 2.05. The van der Waals surface area contributed by atoms with E-state index in [0.29, 0.717) is 13.2 Å². The van der Waals surface area contributed by atoms with E-state index in [1.807, 2.05) is 44.2 Å². The first-order valence-corrected chi connectivity index (χ1v) is 6.78. The van der Waals surface area contributed by atoms with Crippen LogP contribution in [0.15, 0.2) is 34.7 Å². The number of hydrogen-bond donors (Lipinski definition) is 1. The lowest BCUT2D eigenvalue weighted by Crippen LogP contribution is -2.12.